The Bertz CT molecular complexity index is 1470. The van der Waals surface area contributed by atoms with Gasteiger partial charge < -0.3 is 14.0 Å². The third kappa shape index (κ3) is 5.34. The Hall–Kier alpha value is -4.57. The number of hydrogen-bond donors (Lipinski definition) is 0. The molecule has 0 aliphatic carbocycles. The molecule has 1 aromatic heterocycles. The first-order valence-corrected chi connectivity index (χ1v) is 12.6. The molecule has 0 fully saturated rings. The smallest absolute Gasteiger partial charge is 0.144 e. The van der Waals surface area contributed by atoms with Gasteiger partial charge in [0.25, 0.3) is 0 Å². The monoisotopic (exact) mass is 486 g/mol. The summed E-state index contributed by atoms with van der Waals surface area (Å²) in [7, 11) is 0. The van der Waals surface area contributed by atoms with Crippen molar-refractivity contribution in [3.63, 3.8) is 0 Å². The molecule has 0 N–H and O–H groups in total. The average molecular weight is 487 g/mol. The maximum atomic E-state index is 5.81. The van der Waals surface area contributed by atoms with Crippen LogP contribution in [0, 0.1) is 0 Å². The van der Waals surface area contributed by atoms with E-state index in [4.69, 9.17) is 14.5 Å². The van der Waals surface area contributed by atoms with Crippen LogP contribution in [-0.4, -0.2) is 24.0 Å². The van der Waals surface area contributed by atoms with Gasteiger partial charge in [0.1, 0.15) is 17.2 Å². The third-order valence-electron chi connectivity index (χ3n) is 6.06. The lowest BCUT2D eigenvalue weighted by atomic mass is 10.1. The molecule has 184 valence electrons. The van der Waals surface area contributed by atoms with E-state index in [-0.39, 0.29) is 0 Å². The van der Waals surface area contributed by atoms with Gasteiger partial charge in [-0.15, -0.1) is 0 Å². The zero-order valence-corrected chi connectivity index (χ0v) is 21.2. The summed E-state index contributed by atoms with van der Waals surface area (Å²) in [6, 6.07) is 39.3. The van der Waals surface area contributed by atoms with E-state index in [9.17, 15) is 0 Å². The van der Waals surface area contributed by atoms with E-state index in [0.717, 1.165) is 51.0 Å². The maximum Gasteiger partial charge on any atom is 0.144 e. The summed E-state index contributed by atoms with van der Waals surface area (Å²) in [5.74, 6) is 1.63. The van der Waals surface area contributed by atoms with Crippen LogP contribution in [0.2, 0.25) is 0 Å². The summed E-state index contributed by atoms with van der Waals surface area (Å²) in [6.07, 6.45) is 1.94. The Morgan fingerprint density at radius 2 is 1.30 bits per heavy atom. The highest BCUT2D eigenvalue weighted by molar-refractivity contribution is 5.95. The predicted octanol–water partition coefficient (Wildman–Crippen LogP) is 8.36. The standard InChI is InChI=1S/C33H30N2O2/c1-3-36-29-21-19-28(20-22-29)35-31(25-13-7-5-8-14-25)23-27(33(35)26-15-9-6-10-16-26)24-34-30-17-11-12-18-32(30)37-4-2/h5-24H,3-4H2,1-2H3. The van der Waals surface area contributed by atoms with Crippen LogP contribution in [0.3, 0.4) is 0 Å². The van der Waals surface area contributed by atoms with Crippen molar-refractivity contribution in [3.05, 3.63) is 121 Å². The fourth-order valence-electron chi connectivity index (χ4n) is 4.45. The molecule has 0 aliphatic rings. The SMILES string of the molecule is CCOc1ccc(-n2c(-c3ccccc3)cc(C=Nc3ccccc3OCC)c2-c2ccccc2)cc1. The number of aromatic nitrogens is 1. The van der Waals surface area contributed by atoms with Gasteiger partial charge >= 0.3 is 0 Å². The fraction of sp³-hybridized carbons (Fsp3) is 0.121. The van der Waals surface area contributed by atoms with Crippen LogP contribution >= 0.6 is 0 Å². The van der Waals surface area contributed by atoms with Gasteiger partial charge in [-0.2, -0.15) is 0 Å². The van der Waals surface area contributed by atoms with Gasteiger partial charge in [0, 0.05) is 17.5 Å². The Kier molecular flexibility index (Phi) is 7.47. The Morgan fingerprint density at radius 3 is 1.97 bits per heavy atom. The topological polar surface area (TPSA) is 35.8 Å². The van der Waals surface area contributed by atoms with Crippen LogP contribution in [-0.2, 0) is 0 Å². The molecule has 0 bridgehead atoms. The second-order valence-corrected chi connectivity index (χ2v) is 8.49. The fourth-order valence-corrected chi connectivity index (χ4v) is 4.45. The molecule has 0 aliphatic heterocycles. The molecular weight excluding hydrogens is 456 g/mol. The molecule has 0 saturated heterocycles. The van der Waals surface area contributed by atoms with Crippen LogP contribution in [0.5, 0.6) is 11.5 Å². The summed E-state index contributed by atoms with van der Waals surface area (Å²) in [5, 5.41) is 0. The summed E-state index contributed by atoms with van der Waals surface area (Å²) >= 11 is 0. The lowest BCUT2D eigenvalue weighted by molar-refractivity contribution is 0.340. The van der Waals surface area contributed by atoms with E-state index in [1.165, 1.54) is 0 Å². The second kappa shape index (κ2) is 11.4. The highest BCUT2D eigenvalue weighted by Gasteiger charge is 2.19. The van der Waals surface area contributed by atoms with Gasteiger partial charge in [-0.05, 0) is 67.4 Å². The van der Waals surface area contributed by atoms with Crippen molar-refractivity contribution in [1.82, 2.24) is 4.57 Å². The number of nitrogens with zero attached hydrogens (tertiary/aromatic N) is 2. The molecule has 1 heterocycles. The van der Waals surface area contributed by atoms with E-state index in [0.29, 0.717) is 13.2 Å². The van der Waals surface area contributed by atoms with E-state index < -0.39 is 0 Å². The first-order valence-electron chi connectivity index (χ1n) is 12.6. The lowest BCUT2D eigenvalue weighted by Crippen LogP contribution is -2.01. The van der Waals surface area contributed by atoms with E-state index >= 15 is 0 Å². The minimum Gasteiger partial charge on any atom is -0.494 e. The number of rotatable bonds is 9. The highest BCUT2D eigenvalue weighted by Crippen LogP contribution is 2.36. The largest absolute Gasteiger partial charge is 0.494 e. The number of aliphatic imine (C=N–C) groups is 1. The molecule has 4 heteroatoms. The minimum absolute atomic E-state index is 0.591. The van der Waals surface area contributed by atoms with E-state index in [1.54, 1.807) is 0 Å². The number of ether oxygens (including phenoxy) is 2. The van der Waals surface area contributed by atoms with Crippen molar-refractivity contribution in [2.24, 2.45) is 4.99 Å². The molecule has 37 heavy (non-hydrogen) atoms. The molecule has 0 amide bonds. The zero-order chi connectivity index (χ0) is 25.5. The average Bonchev–Trinajstić information content (AvgIpc) is 3.34. The Morgan fingerprint density at radius 1 is 0.676 bits per heavy atom. The van der Waals surface area contributed by atoms with Crippen molar-refractivity contribution in [3.8, 4) is 39.7 Å². The number of benzene rings is 4. The van der Waals surface area contributed by atoms with Crippen LogP contribution in [0.15, 0.2) is 120 Å². The summed E-state index contributed by atoms with van der Waals surface area (Å²) in [6.45, 7) is 5.21. The van der Waals surface area contributed by atoms with Crippen LogP contribution in [0.25, 0.3) is 28.2 Å². The van der Waals surface area contributed by atoms with Gasteiger partial charge in [0.2, 0.25) is 0 Å². The molecule has 4 nitrogen and oxygen atoms in total. The number of para-hydroxylation sites is 2. The molecule has 0 radical (unpaired) electrons. The van der Waals surface area contributed by atoms with Crippen molar-refractivity contribution in [1.29, 1.82) is 0 Å². The molecular formula is C33H30N2O2. The predicted molar refractivity (Wildman–Crippen MR) is 153 cm³/mol. The summed E-state index contributed by atoms with van der Waals surface area (Å²) in [4.78, 5) is 4.88. The first-order chi connectivity index (χ1) is 18.3. The minimum atomic E-state index is 0.591. The molecule has 5 aromatic rings. The summed E-state index contributed by atoms with van der Waals surface area (Å²) in [5.41, 5.74) is 7.27. The Labute approximate surface area is 218 Å². The van der Waals surface area contributed by atoms with Crippen LogP contribution < -0.4 is 9.47 Å². The van der Waals surface area contributed by atoms with Gasteiger partial charge in [0.05, 0.1) is 24.6 Å². The van der Waals surface area contributed by atoms with E-state index in [2.05, 4.69) is 71.3 Å². The quantitative estimate of drug-likeness (QED) is 0.196. The maximum absolute atomic E-state index is 5.81. The van der Waals surface area contributed by atoms with E-state index in [1.807, 2.05) is 68.6 Å². The van der Waals surface area contributed by atoms with Gasteiger partial charge in [-0.25, -0.2) is 0 Å². The van der Waals surface area contributed by atoms with Crippen molar-refractivity contribution < 1.29 is 9.47 Å². The Balaban J connectivity index is 1.73. The molecule has 0 atom stereocenters. The molecule has 4 aromatic carbocycles. The molecule has 0 spiro atoms. The van der Waals surface area contributed by atoms with Crippen LogP contribution in [0.1, 0.15) is 19.4 Å². The van der Waals surface area contributed by atoms with Gasteiger partial charge in [0.15, 0.2) is 0 Å². The molecule has 5 rings (SSSR count). The third-order valence-corrected chi connectivity index (χ3v) is 6.06. The van der Waals surface area contributed by atoms with Gasteiger partial charge in [-0.1, -0.05) is 72.8 Å². The van der Waals surface area contributed by atoms with Crippen LogP contribution in [0.4, 0.5) is 5.69 Å². The normalized spacial score (nSPS) is 11.1. The summed E-state index contributed by atoms with van der Waals surface area (Å²) < 4.78 is 13.8. The second-order valence-electron chi connectivity index (χ2n) is 8.49. The molecule has 0 unspecified atom stereocenters. The number of hydrogen-bond acceptors (Lipinski definition) is 3. The molecule has 0 saturated carbocycles. The first kappa shape index (κ1) is 24.1. The highest BCUT2D eigenvalue weighted by atomic mass is 16.5. The lowest BCUT2D eigenvalue weighted by Gasteiger charge is -2.15. The van der Waals surface area contributed by atoms with Crippen molar-refractivity contribution in [2.75, 3.05) is 13.2 Å². The van der Waals surface area contributed by atoms with Crippen molar-refractivity contribution >= 4 is 11.9 Å². The van der Waals surface area contributed by atoms with Crippen molar-refractivity contribution in [2.45, 2.75) is 13.8 Å². The van der Waals surface area contributed by atoms with Gasteiger partial charge in [-0.3, -0.25) is 4.99 Å². The zero-order valence-electron chi connectivity index (χ0n) is 21.2.